The molecule has 1 saturated heterocycles. The highest BCUT2D eigenvalue weighted by molar-refractivity contribution is 6.05. The van der Waals surface area contributed by atoms with Crippen LogP contribution >= 0.6 is 0 Å². The summed E-state index contributed by atoms with van der Waals surface area (Å²) in [5, 5.41) is 2.00. The first-order valence-corrected chi connectivity index (χ1v) is 5.04. The maximum Gasteiger partial charge on any atom is 0.257 e. The zero-order valence-corrected chi connectivity index (χ0v) is 9.07. The Balaban J connectivity index is 2.28. The molecule has 1 aliphatic heterocycles. The smallest absolute Gasteiger partial charge is 0.257 e. The summed E-state index contributed by atoms with van der Waals surface area (Å²) in [6, 6.07) is 2.42. The maximum absolute atomic E-state index is 13.4. The topological polar surface area (TPSA) is 66.5 Å². The summed E-state index contributed by atoms with van der Waals surface area (Å²) in [6.07, 6.45) is 0. The van der Waals surface area contributed by atoms with Crippen LogP contribution in [0.5, 0.6) is 0 Å². The number of nitrogens with one attached hydrogen (secondary N) is 1. The number of benzene rings is 1. The number of amides is 3. The third kappa shape index (κ3) is 2.34. The van der Waals surface area contributed by atoms with Crippen LogP contribution in [-0.4, -0.2) is 35.7 Å². The molecule has 0 saturated carbocycles. The van der Waals surface area contributed by atoms with E-state index in [9.17, 15) is 23.2 Å². The SMILES string of the molecule is O=C1CN(C(=O)c2cc(F)ccc2F)CC(=O)N1. The van der Waals surface area contributed by atoms with Crippen molar-refractivity contribution in [3.8, 4) is 0 Å². The minimum Gasteiger partial charge on any atom is -0.320 e. The second-order valence-corrected chi connectivity index (χ2v) is 3.76. The highest BCUT2D eigenvalue weighted by Gasteiger charge is 2.28. The number of halogens is 2. The van der Waals surface area contributed by atoms with E-state index in [1.807, 2.05) is 5.32 Å². The van der Waals surface area contributed by atoms with Gasteiger partial charge >= 0.3 is 0 Å². The zero-order chi connectivity index (χ0) is 13.3. The van der Waals surface area contributed by atoms with Crippen LogP contribution in [0.1, 0.15) is 10.4 Å². The molecule has 0 atom stereocenters. The van der Waals surface area contributed by atoms with Gasteiger partial charge in [-0.1, -0.05) is 0 Å². The molecule has 0 radical (unpaired) electrons. The lowest BCUT2D eigenvalue weighted by Crippen LogP contribution is -2.53. The molecule has 7 heteroatoms. The van der Waals surface area contributed by atoms with Crippen molar-refractivity contribution in [2.75, 3.05) is 13.1 Å². The first-order chi connectivity index (χ1) is 8.47. The predicted molar refractivity (Wildman–Crippen MR) is 55.4 cm³/mol. The molecule has 1 heterocycles. The number of hydrogen-bond acceptors (Lipinski definition) is 3. The van der Waals surface area contributed by atoms with Crippen molar-refractivity contribution in [1.82, 2.24) is 10.2 Å². The van der Waals surface area contributed by atoms with Crippen molar-refractivity contribution in [1.29, 1.82) is 0 Å². The van der Waals surface area contributed by atoms with Gasteiger partial charge in [-0.3, -0.25) is 19.7 Å². The third-order valence-corrected chi connectivity index (χ3v) is 2.39. The van der Waals surface area contributed by atoms with Crippen LogP contribution in [0.15, 0.2) is 18.2 Å². The maximum atomic E-state index is 13.4. The van der Waals surface area contributed by atoms with Crippen LogP contribution in [0.3, 0.4) is 0 Å². The summed E-state index contributed by atoms with van der Waals surface area (Å²) in [4.78, 5) is 34.9. The van der Waals surface area contributed by atoms with E-state index in [0.29, 0.717) is 0 Å². The third-order valence-electron chi connectivity index (χ3n) is 2.39. The van der Waals surface area contributed by atoms with Gasteiger partial charge < -0.3 is 4.90 Å². The minimum atomic E-state index is -0.903. The average molecular weight is 254 g/mol. The molecule has 0 bridgehead atoms. The summed E-state index contributed by atoms with van der Waals surface area (Å²) in [6.45, 7) is -0.721. The van der Waals surface area contributed by atoms with Gasteiger partial charge in [0.1, 0.15) is 24.7 Å². The van der Waals surface area contributed by atoms with Crippen molar-refractivity contribution in [2.24, 2.45) is 0 Å². The second-order valence-electron chi connectivity index (χ2n) is 3.76. The molecule has 3 amide bonds. The molecule has 94 valence electrons. The van der Waals surface area contributed by atoms with E-state index in [0.717, 1.165) is 23.1 Å². The predicted octanol–water partition coefficient (Wildman–Crippen LogP) is 0.0634. The van der Waals surface area contributed by atoms with Crippen LogP contribution in [-0.2, 0) is 9.59 Å². The highest BCUT2D eigenvalue weighted by atomic mass is 19.1. The van der Waals surface area contributed by atoms with E-state index in [2.05, 4.69) is 0 Å². The number of nitrogens with zero attached hydrogens (tertiary/aromatic N) is 1. The van der Waals surface area contributed by atoms with Gasteiger partial charge in [-0.05, 0) is 18.2 Å². The molecule has 1 aromatic rings. The van der Waals surface area contributed by atoms with E-state index >= 15 is 0 Å². The van der Waals surface area contributed by atoms with Gasteiger partial charge in [-0.2, -0.15) is 0 Å². The van der Waals surface area contributed by atoms with Gasteiger partial charge in [0, 0.05) is 0 Å². The van der Waals surface area contributed by atoms with Crippen molar-refractivity contribution < 1.29 is 23.2 Å². The summed E-state index contributed by atoms with van der Waals surface area (Å²) in [7, 11) is 0. The molecule has 1 N–H and O–H groups in total. The van der Waals surface area contributed by atoms with Crippen LogP contribution < -0.4 is 5.32 Å². The van der Waals surface area contributed by atoms with Crippen LogP contribution in [0.2, 0.25) is 0 Å². The summed E-state index contributed by atoms with van der Waals surface area (Å²) < 4.78 is 26.3. The van der Waals surface area contributed by atoms with Crippen molar-refractivity contribution in [3.05, 3.63) is 35.4 Å². The Hall–Kier alpha value is -2.31. The Morgan fingerprint density at radius 3 is 2.39 bits per heavy atom. The first-order valence-electron chi connectivity index (χ1n) is 5.04. The number of hydrogen-bond donors (Lipinski definition) is 1. The van der Waals surface area contributed by atoms with Crippen molar-refractivity contribution in [2.45, 2.75) is 0 Å². The quantitative estimate of drug-likeness (QED) is 0.721. The lowest BCUT2D eigenvalue weighted by Gasteiger charge is -2.25. The van der Waals surface area contributed by atoms with E-state index in [-0.39, 0.29) is 13.1 Å². The Labute approximate surface area is 100 Å². The van der Waals surface area contributed by atoms with Crippen molar-refractivity contribution >= 4 is 17.7 Å². The van der Waals surface area contributed by atoms with Crippen LogP contribution in [0.25, 0.3) is 0 Å². The Morgan fingerprint density at radius 1 is 1.17 bits per heavy atom. The number of carbonyl (C=O) groups is 3. The molecule has 0 unspecified atom stereocenters. The van der Waals surface area contributed by atoms with Crippen molar-refractivity contribution in [3.63, 3.8) is 0 Å². The van der Waals surface area contributed by atoms with Gasteiger partial charge in [0.2, 0.25) is 11.8 Å². The van der Waals surface area contributed by atoms with Gasteiger partial charge in [0.05, 0.1) is 5.56 Å². The van der Waals surface area contributed by atoms with Crippen LogP contribution in [0, 0.1) is 11.6 Å². The summed E-state index contributed by atoms with van der Waals surface area (Å²) in [5.41, 5.74) is -0.502. The number of imide groups is 1. The fraction of sp³-hybridized carbons (Fsp3) is 0.182. The fourth-order valence-electron chi connectivity index (χ4n) is 1.61. The van der Waals surface area contributed by atoms with Gasteiger partial charge in [0.25, 0.3) is 5.91 Å². The molecule has 5 nitrogen and oxygen atoms in total. The lowest BCUT2D eigenvalue weighted by molar-refractivity contribution is -0.135. The monoisotopic (exact) mass is 254 g/mol. The summed E-state index contributed by atoms with van der Waals surface area (Å²) in [5.74, 6) is -3.88. The Kier molecular flexibility index (Phi) is 3.05. The number of piperazine rings is 1. The molecule has 0 aromatic heterocycles. The standard InChI is InChI=1S/C11H8F2N2O3/c12-6-1-2-8(13)7(3-6)11(18)15-4-9(16)14-10(17)5-15/h1-3H,4-5H2,(H,14,16,17). The molecule has 1 aromatic carbocycles. The Morgan fingerprint density at radius 2 is 1.78 bits per heavy atom. The van der Waals surface area contributed by atoms with E-state index in [1.54, 1.807) is 0 Å². The molecular formula is C11H8F2N2O3. The Bertz CT molecular complexity index is 529. The average Bonchev–Trinajstić information content (AvgIpc) is 2.30. The minimum absolute atomic E-state index is 0.361. The molecular weight excluding hydrogens is 246 g/mol. The fourth-order valence-corrected chi connectivity index (χ4v) is 1.61. The molecule has 1 fully saturated rings. The molecule has 18 heavy (non-hydrogen) atoms. The van der Waals surface area contributed by atoms with E-state index in [4.69, 9.17) is 0 Å². The van der Waals surface area contributed by atoms with E-state index < -0.39 is 34.9 Å². The molecule has 1 aliphatic rings. The largest absolute Gasteiger partial charge is 0.320 e. The van der Waals surface area contributed by atoms with Gasteiger partial charge in [-0.15, -0.1) is 0 Å². The molecule has 2 rings (SSSR count). The molecule has 0 spiro atoms. The van der Waals surface area contributed by atoms with E-state index in [1.165, 1.54) is 0 Å². The number of rotatable bonds is 1. The van der Waals surface area contributed by atoms with Crippen LogP contribution in [0.4, 0.5) is 8.78 Å². The first kappa shape index (κ1) is 12.2. The van der Waals surface area contributed by atoms with Gasteiger partial charge in [0.15, 0.2) is 0 Å². The lowest BCUT2D eigenvalue weighted by atomic mass is 10.1. The normalized spacial score (nSPS) is 15.6. The molecule has 0 aliphatic carbocycles. The highest BCUT2D eigenvalue weighted by Crippen LogP contribution is 2.13. The summed E-state index contributed by atoms with van der Waals surface area (Å²) >= 11 is 0. The zero-order valence-electron chi connectivity index (χ0n) is 9.07. The second kappa shape index (κ2) is 4.52. The number of carbonyl (C=O) groups excluding carboxylic acids is 3. The van der Waals surface area contributed by atoms with Gasteiger partial charge in [-0.25, -0.2) is 8.78 Å².